The van der Waals surface area contributed by atoms with Gasteiger partial charge in [0, 0.05) is 28.8 Å². The minimum absolute atomic E-state index is 0.0925. The van der Waals surface area contributed by atoms with Gasteiger partial charge < -0.3 is 4.98 Å². The minimum atomic E-state index is -0.0925. The van der Waals surface area contributed by atoms with E-state index in [1.54, 1.807) is 11.8 Å². The summed E-state index contributed by atoms with van der Waals surface area (Å²) in [4.78, 5) is 18.5. The van der Waals surface area contributed by atoms with Crippen LogP contribution < -0.4 is 5.56 Å². The van der Waals surface area contributed by atoms with Gasteiger partial charge in [-0.05, 0) is 12.5 Å². The summed E-state index contributed by atoms with van der Waals surface area (Å²) in [6.07, 6.45) is 0. The van der Waals surface area contributed by atoms with E-state index in [1.807, 2.05) is 25.1 Å². The highest BCUT2D eigenvalue weighted by Gasteiger charge is 2.11. The van der Waals surface area contributed by atoms with Gasteiger partial charge in [0.1, 0.15) is 0 Å². The molecule has 0 amide bonds. The molecule has 100 valence electrons. The lowest BCUT2D eigenvalue weighted by atomic mass is 10.0. The minimum Gasteiger partial charge on any atom is -0.301 e. The topological polar surface area (TPSA) is 45.8 Å². The van der Waals surface area contributed by atoms with E-state index in [9.17, 15) is 4.79 Å². The lowest BCUT2D eigenvalue weighted by Gasteiger charge is -2.13. The second-order valence-electron chi connectivity index (χ2n) is 4.26. The van der Waals surface area contributed by atoms with Crippen LogP contribution in [0.2, 0.25) is 0 Å². The van der Waals surface area contributed by atoms with Crippen molar-refractivity contribution in [2.45, 2.75) is 18.0 Å². The molecule has 0 radical (unpaired) electrons. The number of benzene rings is 1. The Bertz CT molecular complexity index is 585. The maximum atomic E-state index is 11.4. The summed E-state index contributed by atoms with van der Waals surface area (Å²) in [6, 6.07) is 11.9. The van der Waals surface area contributed by atoms with Gasteiger partial charge in [-0.25, -0.2) is 4.98 Å². The molecule has 1 N–H and O–H groups in total. The van der Waals surface area contributed by atoms with Crippen LogP contribution in [0.3, 0.4) is 0 Å². The van der Waals surface area contributed by atoms with Gasteiger partial charge in [-0.1, -0.05) is 58.0 Å². The largest absolute Gasteiger partial charge is 0.301 e. The van der Waals surface area contributed by atoms with Crippen LogP contribution in [0, 0.1) is 6.92 Å². The van der Waals surface area contributed by atoms with E-state index in [4.69, 9.17) is 0 Å². The Morgan fingerprint density at radius 1 is 1.37 bits per heavy atom. The third-order valence-electron chi connectivity index (χ3n) is 2.73. The molecule has 19 heavy (non-hydrogen) atoms. The van der Waals surface area contributed by atoms with Crippen molar-refractivity contribution in [3.8, 4) is 0 Å². The fraction of sp³-hybridized carbons (Fsp3) is 0.286. The van der Waals surface area contributed by atoms with Crippen LogP contribution in [0.4, 0.5) is 0 Å². The average molecular weight is 339 g/mol. The first-order chi connectivity index (χ1) is 9.19. The van der Waals surface area contributed by atoms with Crippen molar-refractivity contribution in [3.05, 3.63) is 58.0 Å². The molecule has 1 aromatic heterocycles. The third-order valence-corrected chi connectivity index (χ3v) is 4.54. The molecule has 0 fully saturated rings. The summed E-state index contributed by atoms with van der Waals surface area (Å²) >= 11 is 5.13. The number of aryl methyl sites for hydroxylation is 1. The van der Waals surface area contributed by atoms with Crippen molar-refractivity contribution < 1.29 is 0 Å². The lowest BCUT2D eigenvalue weighted by Crippen LogP contribution is -2.10. The number of nitrogens with one attached hydrogen (secondary N) is 1. The molecule has 0 saturated carbocycles. The zero-order chi connectivity index (χ0) is 13.7. The Labute approximate surface area is 125 Å². The maximum absolute atomic E-state index is 11.4. The second kappa shape index (κ2) is 6.91. The summed E-state index contributed by atoms with van der Waals surface area (Å²) in [5.74, 6) is 1.28. The van der Waals surface area contributed by atoms with Crippen molar-refractivity contribution in [2.75, 3.05) is 11.1 Å². The van der Waals surface area contributed by atoms with Gasteiger partial charge >= 0.3 is 0 Å². The summed E-state index contributed by atoms with van der Waals surface area (Å²) in [7, 11) is 0. The molecule has 1 aromatic carbocycles. The van der Waals surface area contributed by atoms with Crippen molar-refractivity contribution in [2.24, 2.45) is 0 Å². The van der Waals surface area contributed by atoms with E-state index < -0.39 is 0 Å². The normalized spacial score (nSPS) is 12.3. The van der Waals surface area contributed by atoms with Crippen LogP contribution >= 0.6 is 27.7 Å². The number of thioether (sulfide) groups is 1. The van der Waals surface area contributed by atoms with E-state index in [0.29, 0.717) is 11.1 Å². The Morgan fingerprint density at radius 3 is 2.74 bits per heavy atom. The number of aromatic amines is 1. The summed E-state index contributed by atoms with van der Waals surface area (Å²) < 4.78 is 0. The molecule has 5 heteroatoms. The number of alkyl halides is 1. The van der Waals surface area contributed by atoms with Crippen LogP contribution in [0.5, 0.6) is 0 Å². The van der Waals surface area contributed by atoms with Gasteiger partial charge in [-0.15, -0.1) is 0 Å². The third kappa shape index (κ3) is 4.21. The van der Waals surface area contributed by atoms with E-state index in [-0.39, 0.29) is 5.56 Å². The summed E-state index contributed by atoms with van der Waals surface area (Å²) in [6.45, 7) is 1.83. The Balaban J connectivity index is 2.06. The number of halogens is 1. The zero-order valence-corrected chi connectivity index (χ0v) is 13.0. The predicted molar refractivity (Wildman–Crippen MR) is 83.3 cm³/mol. The molecule has 0 aliphatic rings. The molecule has 3 nitrogen and oxygen atoms in total. The van der Waals surface area contributed by atoms with Crippen LogP contribution in [-0.2, 0) is 0 Å². The van der Waals surface area contributed by atoms with Crippen LogP contribution in [0.15, 0.2) is 46.3 Å². The van der Waals surface area contributed by atoms with Gasteiger partial charge in [0.2, 0.25) is 0 Å². The first-order valence-electron chi connectivity index (χ1n) is 6.00. The van der Waals surface area contributed by atoms with E-state index >= 15 is 0 Å². The molecule has 2 aromatic rings. The number of hydrogen-bond donors (Lipinski definition) is 1. The zero-order valence-electron chi connectivity index (χ0n) is 10.6. The van der Waals surface area contributed by atoms with Gasteiger partial charge in [-0.2, -0.15) is 0 Å². The smallest absolute Gasteiger partial charge is 0.251 e. The lowest BCUT2D eigenvalue weighted by molar-refractivity contribution is 0.875. The van der Waals surface area contributed by atoms with E-state index in [0.717, 1.165) is 16.8 Å². The molecule has 1 unspecified atom stereocenters. The number of H-pyrrole nitrogens is 1. The van der Waals surface area contributed by atoms with Gasteiger partial charge in [0.05, 0.1) is 0 Å². The van der Waals surface area contributed by atoms with Crippen LogP contribution in [-0.4, -0.2) is 21.1 Å². The van der Waals surface area contributed by atoms with Crippen LogP contribution in [0.1, 0.15) is 17.2 Å². The predicted octanol–water partition coefficient (Wildman–Crippen LogP) is 3.35. The van der Waals surface area contributed by atoms with Crippen molar-refractivity contribution >= 4 is 27.7 Å². The van der Waals surface area contributed by atoms with Crippen molar-refractivity contribution in [1.29, 1.82) is 0 Å². The van der Waals surface area contributed by atoms with Crippen LogP contribution in [0.25, 0.3) is 0 Å². The van der Waals surface area contributed by atoms with Gasteiger partial charge in [-0.3, -0.25) is 4.79 Å². The van der Waals surface area contributed by atoms with Gasteiger partial charge in [0.15, 0.2) is 5.16 Å². The molecule has 2 rings (SSSR count). The van der Waals surface area contributed by atoms with Gasteiger partial charge in [0.25, 0.3) is 5.56 Å². The fourth-order valence-electron chi connectivity index (χ4n) is 1.75. The molecule has 1 atom stereocenters. The van der Waals surface area contributed by atoms with E-state index in [1.165, 1.54) is 11.6 Å². The number of rotatable bonds is 5. The highest BCUT2D eigenvalue weighted by molar-refractivity contribution is 9.09. The standard InChI is InChI=1S/C14H15BrN2OS/c1-10-7-13(18)17-14(16-10)19-9-12(8-15)11-5-3-2-4-6-11/h2-7,12H,8-9H2,1H3,(H,16,17,18). The van der Waals surface area contributed by atoms with E-state index in [2.05, 4.69) is 38.0 Å². The second-order valence-corrected chi connectivity index (χ2v) is 5.92. The quantitative estimate of drug-likeness (QED) is 0.516. The molecular weight excluding hydrogens is 324 g/mol. The highest BCUT2D eigenvalue weighted by atomic mass is 79.9. The molecule has 0 aliphatic carbocycles. The number of aromatic nitrogens is 2. The molecular formula is C14H15BrN2OS. The monoisotopic (exact) mass is 338 g/mol. The molecule has 0 spiro atoms. The number of hydrogen-bond acceptors (Lipinski definition) is 3. The van der Waals surface area contributed by atoms with Crippen molar-refractivity contribution in [1.82, 2.24) is 9.97 Å². The fourth-order valence-corrected chi connectivity index (χ4v) is 3.71. The first kappa shape index (κ1) is 14.3. The van der Waals surface area contributed by atoms with Crippen molar-refractivity contribution in [3.63, 3.8) is 0 Å². The average Bonchev–Trinajstić information content (AvgIpc) is 2.39. The highest BCUT2D eigenvalue weighted by Crippen LogP contribution is 2.25. The maximum Gasteiger partial charge on any atom is 0.251 e. The SMILES string of the molecule is Cc1cc(=O)[nH]c(SCC(CBr)c2ccccc2)n1. The molecule has 0 bridgehead atoms. The summed E-state index contributed by atoms with van der Waals surface area (Å²) in [5.41, 5.74) is 1.95. The Hall–Kier alpha value is -1.07. The Kier molecular flexibility index (Phi) is 5.22. The number of nitrogens with zero attached hydrogens (tertiary/aromatic N) is 1. The molecule has 0 saturated heterocycles. The Morgan fingerprint density at radius 2 is 2.11 bits per heavy atom. The summed E-state index contributed by atoms with van der Waals surface area (Å²) in [5, 5.41) is 1.58. The first-order valence-corrected chi connectivity index (χ1v) is 8.11. The molecule has 0 aliphatic heterocycles. The molecule has 1 heterocycles.